The summed E-state index contributed by atoms with van der Waals surface area (Å²) in [5.74, 6) is -1.06. The number of nitrogens with one attached hydrogen (secondary N) is 1. The van der Waals surface area contributed by atoms with Gasteiger partial charge >= 0.3 is 5.97 Å². The Balaban J connectivity index is 2.21. The molecule has 0 saturated carbocycles. The third-order valence-electron chi connectivity index (χ3n) is 2.06. The van der Waals surface area contributed by atoms with Crippen LogP contribution in [0, 0.1) is 9.39 Å². The number of hydrogen-bond acceptors (Lipinski definition) is 4. The second kappa shape index (κ2) is 5.25. The second-order valence-electron chi connectivity index (χ2n) is 3.34. The minimum atomic E-state index is -1.13. The van der Waals surface area contributed by atoms with E-state index in [0.29, 0.717) is 15.1 Å². The van der Waals surface area contributed by atoms with Gasteiger partial charge in [-0.25, -0.2) is 19.2 Å². The van der Waals surface area contributed by atoms with E-state index in [1.54, 1.807) is 6.07 Å². The minimum Gasteiger partial charge on any atom is -0.476 e. The van der Waals surface area contributed by atoms with E-state index >= 15 is 0 Å². The lowest BCUT2D eigenvalue weighted by atomic mass is 10.3. The number of aromatic carboxylic acids is 1. The van der Waals surface area contributed by atoms with Gasteiger partial charge in [-0.2, -0.15) is 0 Å². The first-order chi connectivity index (χ1) is 8.56. The molecule has 1 aromatic carbocycles. The Hall–Kier alpha value is -1.77. The second-order valence-corrected chi connectivity index (χ2v) is 4.50. The van der Waals surface area contributed by atoms with Crippen LogP contribution in [0.5, 0.6) is 0 Å². The third-order valence-corrected chi connectivity index (χ3v) is 2.96. The number of carboxylic acids is 1. The molecule has 1 aromatic heterocycles. The van der Waals surface area contributed by atoms with Crippen LogP contribution < -0.4 is 5.32 Å². The molecule has 7 heteroatoms. The molecule has 2 N–H and O–H groups in total. The summed E-state index contributed by atoms with van der Waals surface area (Å²) in [5, 5.41) is 11.6. The Bertz CT molecular complexity index is 589. The van der Waals surface area contributed by atoms with Gasteiger partial charge in [0.1, 0.15) is 11.6 Å². The van der Waals surface area contributed by atoms with E-state index in [4.69, 9.17) is 5.11 Å². The summed E-state index contributed by atoms with van der Waals surface area (Å²) in [4.78, 5) is 18.2. The van der Waals surface area contributed by atoms with Crippen molar-refractivity contribution < 1.29 is 14.3 Å². The zero-order valence-corrected chi connectivity index (χ0v) is 11.1. The average molecular weight is 359 g/mol. The predicted molar refractivity (Wildman–Crippen MR) is 71.4 cm³/mol. The number of hydrogen-bond donors (Lipinski definition) is 2. The standard InChI is InChI=1S/C11H7FIN3O2/c12-6-1-2-8(7(13)3-6)16-10-5-14-9(4-15-10)11(17)18/h1-5H,(H,15,16)(H,17,18). The lowest BCUT2D eigenvalue weighted by Crippen LogP contribution is -2.03. The Labute approximate surface area is 115 Å². The quantitative estimate of drug-likeness (QED) is 0.825. The topological polar surface area (TPSA) is 75.1 Å². The van der Waals surface area contributed by atoms with Crippen molar-refractivity contribution in [2.24, 2.45) is 0 Å². The summed E-state index contributed by atoms with van der Waals surface area (Å²) in [6, 6.07) is 4.27. The van der Waals surface area contributed by atoms with Crippen molar-refractivity contribution in [1.29, 1.82) is 0 Å². The van der Waals surface area contributed by atoms with Gasteiger partial charge in [0.15, 0.2) is 5.69 Å². The minimum absolute atomic E-state index is 0.130. The number of carbonyl (C=O) groups is 1. The van der Waals surface area contributed by atoms with Crippen molar-refractivity contribution >= 4 is 40.1 Å². The highest BCUT2D eigenvalue weighted by Crippen LogP contribution is 2.21. The lowest BCUT2D eigenvalue weighted by Gasteiger charge is -2.07. The molecule has 0 saturated heterocycles. The largest absolute Gasteiger partial charge is 0.476 e. The van der Waals surface area contributed by atoms with Crippen molar-refractivity contribution in [1.82, 2.24) is 9.97 Å². The Morgan fingerprint density at radius 1 is 1.33 bits per heavy atom. The van der Waals surface area contributed by atoms with Crippen LogP contribution in [0.1, 0.15) is 10.5 Å². The van der Waals surface area contributed by atoms with E-state index in [2.05, 4.69) is 15.3 Å². The molecule has 2 rings (SSSR count). The van der Waals surface area contributed by atoms with Crippen molar-refractivity contribution in [3.05, 3.63) is 45.7 Å². The molecule has 1 heterocycles. The predicted octanol–water partition coefficient (Wildman–Crippen LogP) is 2.66. The summed E-state index contributed by atoms with van der Waals surface area (Å²) in [6.45, 7) is 0. The maximum Gasteiger partial charge on any atom is 0.356 e. The van der Waals surface area contributed by atoms with Crippen LogP contribution in [-0.2, 0) is 0 Å². The van der Waals surface area contributed by atoms with Crippen LogP contribution in [0.3, 0.4) is 0 Å². The molecular formula is C11H7FIN3O2. The molecule has 0 bridgehead atoms. The molecule has 0 fully saturated rings. The summed E-state index contributed by atoms with van der Waals surface area (Å²) in [5.41, 5.74) is 0.545. The maximum absolute atomic E-state index is 12.9. The zero-order chi connectivity index (χ0) is 13.1. The smallest absolute Gasteiger partial charge is 0.356 e. The molecule has 0 aliphatic heterocycles. The average Bonchev–Trinajstić information content (AvgIpc) is 2.33. The van der Waals surface area contributed by atoms with Crippen LogP contribution in [0.25, 0.3) is 0 Å². The summed E-state index contributed by atoms with van der Waals surface area (Å²) >= 11 is 1.99. The highest BCUT2D eigenvalue weighted by atomic mass is 127. The number of nitrogens with zero attached hydrogens (tertiary/aromatic N) is 2. The molecule has 0 unspecified atom stereocenters. The van der Waals surface area contributed by atoms with E-state index in [9.17, 15) is 9.18 Å². The van der Waals surface area contributed by atoms with Crippen molar-refractivity contribution in [2.75, 3.05) is 5.32 Å². The first kappa shape index (κ1) is 12.7. The number of anilines is 2. The number of rotatable bonds is 3. The SMILES string of the molecule is O=C(O)c1cnc(Nc2ccc(F)cc2I)cn1. The van der Waals surface area contributed by atoms with Crippen molar-refractivity contribution in [3.8, 4) is 0 Å². The fourth-order valence-corrected chi connectivity index (χ4v) is 1.84. The van der Waals surface area contributed by atoms with Crippen molar-refractivity contribution in [3.63, 3.8) is 0 Å². The van der Waals surface area contributed by atoms with Crippen molar-refractivity contribution in [2.45, 2.75) is 0 Å². The lowest BCUT2D eigenvalue weighted by molar-refractivity contribution is 0.0690. The zero-order valence-electron chi connectivity index (χ0n) is 8.89. The fourth-order valence-electron chi connectivity index (χ4n) is 1.23. The molecule has 0 amide bonds. The van der Waals surface area contributed by atoms with Crippen LogP contribution in [0.4, 0.5) is 15.9 Å². The number of halogens is 2. The van der Waals surface area contributed by atoms with Crippen LogP contribution >= 0.6 is 22.6 Å². The van der Waals surface area contributed by atoms with Crippen LogP contribution in [0.15, 0.2) is 30.6 Å². The molecule has 0 atom stereocenters. The normalized spacial score (nSPS) is 10.1. The van der Waals surface area contributed by atoms with Gasteiger partial charge in [0.25, 0.3) is 0 Å². The molecule has 0 spiro atoms. The molecule has 18 heavy (non-hydrogen) atoms. The summed E-state index contributed by atoms with van der Waals surface area (Å²) in [7, 11) is 0. The van der Waals surface area contributed by atoms with Gasteiger partial charge in [0.05, 0.1) is 18.1 Å². The molecule has 2 aromatic rings. The van der Waals surface area contributed by atoms with Crippen LogP contribution in [0.2, 0.25) is 0 Å². The molecule has 0 aliphatic rings. The van der Waals surface area contributed by atoms with E-state index in [-0.39, 0.29) is 11.5 Å². The Morgan fingerprint density at radius 2 is 2.11 bits per heavy atom. The highest BCUT2D eigenvalue weighted by Gasteiger charge is 2.06. The molecular weight excluding hydrogens is 352 g/mol. The van der Waals surface area contributed by atoms with Gasteiger partial charge in [-0.15, -0.1) is 0 Å². The number of aromatic nitrogens is 2. The van der Waals surface area contributed by atoms with E-state index in [1.165, 1.54) is 18.3 Å². The number of carboxylic acid groups (broad SMARTS) is 1. The van der Waals surface area contributed by atoms with E-state index < -0.39 is 5.97 Å². The third kappa shape index (κ3) is 2.92. The van der Waals surface area contributed by atoms with Gasteiger partial charge in [0, 0.05) is 3.57 Å². The monoisotopic (exact) mass is 359 g/mol. The van der Waals surface area contributed by atoms with E-state index in [1.807, 2.05) is 22.6 Å². The maximum atomic E-state index is 12.9. The number of benzene rings is 1. The summed E-state index contributed by atoms with van der Waals surface area (Å²) < 4.78 is 13.6. The van der Waals surface area contributed by atoms with Crippen LogP contribution in [-0.4, -0.2) is 21.0 Å². The van der Waals surface area contributed by atoms with Gasteiger partial charge in [-0.3, -0.25) is 0 Å². The Kier molecular flexibility index (Phi) is 3.70. The van der Waals surface area contributed by atoms with Gasteiger partial charge in [-0.05, 0) is 40.8 Å². The molecule has 0 aliphatic carbocycles. The first-order valence-corrected chi connectivity index (χ1v) is 5.91. The van der Waals surface area contributed by atoms with Gasteiger partial charge in [0.2, 0.25) is 0 Å². The van der Waals surface area contributed by atoms with E-state index in [0.717, 1.165) is 6.20 Å². The molecule has 5 nitrogen and oxygen atoms in total. The fraction of sp³-hybridized carbons (Fsp3) is 0. The Morgan fingerprint density at radius 3 is 2.67 bits per heavy atom. The van der Waals surface area contributed by atoms with Gasteiger partial charge < -0.3 is 10.4 Å². The first-order valence-electron chi connectivity index (χ1n) is 4.83. The van der Waals surface area contributed by atoms with Gasteiger partial charge in [-0.1, -0.05) is 0 Å². The summed E-state index contributed by atoms with van der Waals surface area (Å²) in [6.07, 6.45) is 2.46. The molecule has 92 valence electrons. The highest BCUT2D eigenvalue weighted by molar-refractivity contribution is 14.1. The molecule has 0 radical (unpaired) electrons.